The minimum Gasteiger partial charge on any atom is -0.384 e. The molecular formula is C13H16N4S. The molecule has 5 heteroatoms. The molecule has 94 valence electrons. The van der Waals surface area contributed by atoms with Crippen molar-refractivity contribution in [2.24, 2.45) is 0 Å². The summed E-state index contributed by atoms with van der Waals surface area (Å²) in [7, 11) is 0. The highest BCUT2D eigenvalue weighted by atomic mass is 32.2. The first kappa shape index (κ1) is 11.6. The van der Waals surface area contributed by atoms with Gasteiger partial charge in [-0.05, 0) is 30.7 Å². The van der Waals surface area contributed by atoms with Gasteiger partial charge in [0.15, 0.2) is 0 Å². The Labute approximate surface area is 111 Å². The first-order chi connectivity index (χ1) is 8.83. The van der Waals surface area contributed by atoms with Crippen LogP contribution < -0.4 is 5.73 Å². The molecule has 1 aliphatic heterocycles. The van der Waals surface area contributed by atoms with Crippen molar-refractivity contribution in [2.45, 2.75) is 24.6 Å². The summed E-state index contributed by atoms with van der Waals surface area (Å²) in [5, 5.41) is 0.722. The normalized spacial score (nSPS) is 19.2. The minimum atomic E-state index is 0.552. The van der Waals surface area contributed by atoms with Gasteiger partial charge in [0.25, 0.3) is 0 Å². The Morgan fingerprint density at radius 3 is 3.06 bits per heavy atom. The van der Waals surface area contributed by atoms with Crippen LogP contribution in [0.15, 0.2) is 30.9 Å². The monoisotopic (exact) mass is 260 g/mol. The Balaban J connectivity index is 1.84. The predicted molar refractivity (Wildman–Crippen MR) is 75.4 cm³/mol. The highest BCUT2D eigenvalue weighted by Crippen LogP contribution is 2.29. The van der Waals surface area contributed by atoms with E-state index >= 15 is 0 Å². The Morgan fingerprint density at radius 2 is 2.33 bits per heavy atom. The average molecular weight is 260 g/mol. The second-order valence-electron chi connectivity index (χ2n) is 4.54. The number of imidazole rings is 1. The quantitative estimate of drug-likeness (QED) is 0.921. The van der Waals surface area contributed by atoms with Crippen molar-refractivity contribution < 1.29 is 0 Å². The van der Waals surface area contributed by atoms with Crippen LogP contribution in [0.2, 0.25) is 0 Å². The minimum absolute atomic E-state index is 0.552. The van der Waals surface area contributed by atoms with Gasteiger partial charge in [0, 0.05) is 23.6 Å². The number of aromatic nitrogens is 3. The van der Waals surface area contributed by atoms with Crippen molar-refractivity contribution in [1.82, 2.24) is 14.5 Å². The molecule has 0 radical (unpaired) electrons. The molecule has 1 unspecified atom stereocenters. The molecular weight excluding hydrogens is 244 g/mol. The maximum Gasteiger partial charge on any atom is 0.123 e. The van der Waals surface area contributed by atoms with Gasteiger partial charge in [0.05, 0.1) is 18.2 Å². The smallest absolute Gasteiger partial charge is 0.123 e. The van der Waals surface area contributed by atoms with Crippen molar-refractivity contribution in [2.75, 3.05) is 11.5 Å². The summed E-state index contributed by atoms with van der Waals surface area (Å²) in [5.74, 6) is 1.84. The number of nitrogen functional groups attached to an aromatic ring is 1. The highest BCUT2D eigenvalue weighted by Gasteiger charge is 2.17. The first-order valence-corrected chi connectivity index (χ1v) is 7.21. The maximum absolute atomic E-state index is 5.61. The van der Waals surface area contributed by atoms with E-state index in [9.17, 15) is 0 Å². The molecule has 1 fully saturated rings. The molecule has 1 saturated heterocycles. The topological polar surface area (TPSA) is 56.7 Å². The van der Waals surface area contributed by atoms with Crippen LogP contribution in [0.5, 0.6) is 0 Å². The molecule has 2 aromatic rings. The van der Waals surface area contributed by atoms with E-state index in [1.54, 1.807) is 0 Å². The lowest BCUT2D eigenvalue weighted by Gasteiger charge is -2.12. The number of hydrogen-bond donors (Lipinski definition) is 1. The van der Waals surface area contributed by atoms with E-state index in [-0.39, 0.29) is 0 Å². The maximum atomic E-state index is 5.61. The molecule has 4 nitrogen and oxygen atoms in total. The summed E-state index contributed by atoms with van der Waals surface area (Å²) in [4.78, 5) is 8.40. The molecule has 1 atom stereocenters. The Kier molecular flexibility index (Phi) is 3.23. The van der Waals surface area contributed by atoms with Gasteiger partial charge in [-0.25, -0.2) is 9.97 Å². The van der Waals surface area contributed by atoms with Gasteiger partial charge in [0.2, 0.25) is 0 Å². The Bertz CT molecular complexity index is 514. The van der Waals surface area contributed by atoms with Crippen LogP contribution in [0.25, 0.3) is 11.3 Å². The number of anilines is 1. The van der Waals surface area contributed by atoms with Crippen molar-refractivity contribution in [3.63, 3.8) is 0 Å². The van der Waals surface area contributed by atoms with E-state index in [4.69, 9.17) is 5.73 Å². The van der Waals surface area contributed by atoms with Crippen molar-refractivity contribution >= 4 is 17.6 Å². The van der Waals surface area contributed by atoms with Crippen LogP contribution in [-0.4, -0.2) is 25.5 Å². The molecule has 0 aliphatic carbocycles. The second-order valence-corrected chi connectivity index (χ2v) is 5.95. The van der Waals surface area contributed by atoms with Gasteiger partial charge in [-0.2, -0.15) is 11.8 Å². The Hall–Kier alpha value is -1.49. The van der Waals surface area contributed by atoms with Gasteiger partial charge >= 0.3 is 0 Å². The van der Waals surface area contributed by atoms with E-state index in [1.807, 2.05) is 30.9 Å². The standard InChI is InChI=1S/C13H16N4S/c14-13-4-3-10(6-16-13)12-7-15-9-17(12)8-11-2-1-5-18-11/h3-4,6-7,9,11H,1-2,5,8H2,(H2,14,16). The number of nitrogens with two attached hydrogens (primary N) is 1. The molecule has 0 amide bonds. The summed E-state index contributed by atoms with van der Waals surface area (Å²) >= 11 is 2.06. The van der Waals surface area contributed by atoms with Crippen LogP contribution in [0.4, 0.5) is 5.82 Å². The molecule has 3 rings (SSSR count). The average Bonchev–Trinajstić information content (AvgIpc) is 3.02. The van der Waals surface area contributed by atoms with E-state index < -0.39 is 0 Å². The molecule has 0 saturated carbocycles. The predicted octanol–water partition coefficient (Wildman–Crippen LogP) is 2.42. The van der Waals surface area contributed by atoms with Gasteiger partial charge in [0.1, 0.15) is 5.82 Å². The van der Waals surface area contributed by atoms with Crippen LogP contribution >= 0.6 is 11.8 Å². The van der Waals surface area contributed by atoms with Crippen molar-refractivity contribution in [3.05, 3.63) is 30.9 Å². The fourth-order valence-corrected chi connectivity index (χ4v) is 3.54. The molecule has 18 heavy (non-hydrogen) atoms. The third-order valence-electron chi connectivity index (χ3n) is 3.22. The zero-order valence-corrected chi connectivity index (χ0v) is 10.9. The van der Waals surface area contributed by atoms with Crippen molar-refractivity contribution in [3.8, 4) is 11.3 Å². The van der Waals surface area contributed by atoms with Gasteiger partial charge in [-0.1, -0.05) is 0 Å². The van der Waals surface area contributed by atoms with Crippen LogP contribution in [0, 0.1) is 0 Å². The third kappa shape index (κ3) is 2.36. The summed E-state index contributed by atoms with van der Waals surface area (Å²) in [6.07, 6.45) is 8.26. The van der Waals surface area contributed by atoms with Gasteiger partial charge < -0.3 is 10.3 Å². The number of rotatable bonds is 3. The van der Waals surface area contributed by atoms with Crippen LogP contribution in [0.1, 0.15) is 12.8 Å². The molecule has 3 heterocycles. The number of thioether (sulfide) groups is 1. The summed E-state index contributed by atoms with van der Waals surface area (Å²) in [6.45, 7) is 1.03. The van der Waals surface area contributed by atoms with E-state index in [0.717, 1.165) is 23.1 Å². The fraction of sp³-hybridized carbons (Fsp3) is 0.385. The van der Waals surface area contributed by atoms with E-state index in [2.05, 4.69) is 26.3 Å². The lowest BCUT2D eigenvalue weighted by Crippen LogP contribution is -2.10. The third-order valence-corrected chi connectivity index (χ3v) is 4.60. The Morgan fingerprint density at radius 1 is 1.39 bits per heavy atom. The van der Waals surface area contributed by atoms with Gasteiger partial charge in [-0.15, -0.1) is 0 Å². The van der Waals surface area contributed by atoms with Crippen LogP contribution in [-0.2, 0) is 6.54 Å². The molecule has 0 spiro atoms. The van der Waals surface area contributed by atoms with E-state index in [1.165, 1.54) is 18.6 Å². The number of nitrogens with zero attached hydrogens (tertiary/aromatic N) is 3. The first-order valence-electron chi connectivity index (χ1n) is 6.16. The zero-order chi connectivity index (χ0) is 12.4. The summed E-state index contributed by atoms with van der Waals surface area (Å²) in [5.41, 5.74) is 7.81. The molecule has 0 aromatic carbocycles. The lowest BCUT2D eigenvalue weighted by atomic mass is 10.2. The van der Waals surface area contributed by atoms with Crippen LogP contribution in [0.3, 0.4) is 0 Å². The zero-order valence-electron chi connectivity index (χ0n) is 10.1. The molecule has 2 aromatic heterocycles. The fourth-order valence-electron chi connectivity index (χ4n) is 2.27. The summed E-state index contributed by atoms with van der Waals surface area (Å²) in [6, 6.07) is 3.83. The van der Waals surface area contributed by atoms with E-state index in [0.29, 0.717) is 5.82 Å². The SMILES string of the molecule is Nc1ccc(-c2cncn2CC2CCCS2)cn1. The molecule has 0 bridgehead atoms. The van der Waals surface area contributed by atoms with Gasteiger partial charge in [-0.3, -0.25) is 0 Å². The molecule has 2 N–H and O–H groups in total. The number of pyridine rings is 1. The summed E-state index contributed by atoms with van der Waals surface area (Å²) < 4.78 is 2.22. The largest absolute Gasteiger partial charge is 0.384 e. The highest BCUT2D eigenvalue weighted by molar-refractivity contribution is 8.00. The molecule has 1 aliphatic rings. The second kappa shape index (κ2) is 5.02. The lowest BCUT2D eigenvalue weighted by molar-refractivity contribution is 0.642. The number of hydrogen-bond acceptors (Lipinski definition) is 4. The van der Waals surface area contributed by atoms with Crippen molar-refractivity contribution in [1.29, 1.82) is 0 Å².